The summed E-state index contributed by atoms with van der Waals surface area (Å²) in [6.45, 7) is 6.85. The van der Waals surface area contributed by atoms with Crippen LogP contribution in [0.5, 0.6) is 0 Å². The van der Waals surface area contributed by atoms with Gasteiger partial charge in [0.05, 0.1) is 5.69 Å². The molecule has 2 rings (SSSR count). The predicted octanol–water partition coefficient (Wildman–Crippen LogP) is 3.33. The van der Waals surface area contributed by atoms with Crippen LogP contribution in [0.3, 0.4) is 0 Å². The maximum Gasteiger partial charge on any atom is 0.0596 e. The summed E-state index contributed by atoms with van der Waals surface area (Å²) in [6, 6.07) is 10.1. The second kappa shape index (κ2) is 6.73. The molecule has 1 N–H and O–H groups in total. The van der Waals surface area contributed by atoms with Crippen molar-refractivity contribution < 1.29 is 0 Å². The molecule has 3 nitrogen and oxygen atoms in total. The first-order valence-electron chi connectivity index (χ1n) is 6.62. The molecule has 0 fully saturated rings. The Kier molecular flexibility index (Phi) is 5.00. The average molecular weight is 278 g/mol. The summed E-state index contributed by atoms with van der Waals surface area (Å²) in [4.78, 5) is 0. The molecule has 0 spiro atoms. The molecule has 1 heterocycles. The summed E-state index contributed by atoms with van der Waals surface area (Å²) < 4.78 is 2.06. The Morgan fingerprint density at radius 1 is 1.26 bits per heavy atom. The quantitative estimate of drug-likeness (QED) is 0.821. The maximum atomic E-state index is 6.10. The van der Waals surface area contributed by atoms with Crippen LogP contribution in [0.25, 0.3) is 0 Å². The molecule has 0 bridgehead atoms. The van der Waals surface area contributed by atoms with E-state index >= 15 is 0 Å². The minimum atomic E-state index is 0.816. The number of halogens is 1. The molecule has 102 valence electrons. The highest BCUT2D eigenvalue weighted by molar-refractivity contribution is 6.31. The lowest BCUT2D eigenvalue weighted by Gasteiger charge is -2.07. The van der Waals surface area contributed by atoms with Gasteiger partial charge in [-0.3, -0.25) is 4.68 Å². The van der Waals surface area contributed by atoms with Gasteiger partial charge in [0.25, 0.3) is 0 Å². The molecule has 0 atom stereocenters. The predicted molar refractivity (Wildman–Crippen MR) is 79.5 cm³/mol. The topological polar surface area (TPSA) is 29.9 Å². The minimum Gasteiger partial charge on any atom is -0.313 e. The standard InChI is InChI=1S/C15H20ClN3/c1-12-10-13(2)19(18-12)9-5-8-17-11-14-6-3-4-7-15(14)16/h3-4,6-7,10,17H,5,8-9,11H2,1-2H3. The summed E-state index contributed by atoms with van der Waals surface area (Å²) in [7, 11) is 0. The van der Waals surface area contributed by atoms with E-state index < -0.39 is 0 Å². The summed E-state index contributed by atoms with van der Waals surface area (Å²) in [6.07, 6.45) is 1.06. The fraction of sp³-hybridized carbons (Fsp3) is 0.400. The zero-order valence-corrected chi connectivity index (χ0v) is 12.2. The first kappa shape index (κ1) is 14.1. The molecule has 1 aromatic carbocycles. The zero-order valence-electron chi connectivity index (χ0n) is 11.5. The van der Waals surface area contributed by atoms with Crippen molar-refractivity contribution in [2.45, 2.75) is 33.4 Å². The van der Waals surface area contributed by atoms with Crippen LogP contribution in [0.15, 0.2) is 30.3 Å². The van der Waals surface area contributed by atoms with E-state index in [1.54, 1.807) is 0 Å². The lowest BCUT2D eigenvalue weighted by Crippen LogP contribution is -2.17. The van der Waals surface area contributed by atoms with Crippen LogP contribution in [-0.4, -0.2) is 16.3 Å². The van der Waals surface area contributed by atoms with Crippen molar-refractivity contribution in [2.24, 2.45) is 0 Å². The van der Waals surface area contributed by atoms with Crippen LogP contribution in [0, 0.1) is 13.8 Å². The van der Waals surface area contributed by atoms with Gasteiger partial charge in [0.2, 0.25) is 0 Å². The minimum absolute atomic E-state index is 0.816. The molecule has 0 aliphatic rings. The molecule has 0 radical (unpaired) electrons. The number of nitrogens with one attached hydrogen (secondary N) is 1. The van der Waals surface area contributed by atoms with Gasteiger partial charge in [-0.1, -0.05) is 29.8 Å². The highest BCUT2D eigenvalue weighted by atomic mass is 35.5. The van der Waals surface area contributed by atoms with E-state index in [9.17, 15) is 0 Å². The first-order valence-corrected chi connectivity index (χ1v) is 7.00. The Morgan fingerprint density at radius 2 is 2.05 bits per heavy atom. The Balaban J connectivity index is 1.70. The fourth-order valence-corrected chi connectivity index (χ4v) is 2.32. The molecule has 4 heteroatoms. The number of aryl methyl sites for hydroxylation is 3. The van der Waals surface area contributed by atoms with E-state index in [4.69, 9.17) is 11.6 Å². The van der Waals surface area contributed by atoms with Crippen LogP contribution in [0.2, 0.25) is 5.02 Å². The molecule has 0 saturated carbocycles. The highest BCUT2D eigenvalue weighted by Crippen LogP contribution is 2.14. The van der Waals surface area contributed by atoms with Crippen molar-refractivity contribution in [3.05, 3.63) is 52.3 Å². The summed E-state index contributed by atoms with van der Waals surface area (Å²) in [5.74, 6) is 0. The van der Waals surface area contributed by atoms with E-state index in [1.807, 2.05) is 25.1 Å². The van der Waals surface area contributed by atoms with Gasteiger partial charge in [0.1, 0.15) is 0 Å². The second-order valence-corrected chi connectivity index (χ2v) is 5.18. The van der Waals surface area contributed by atoms with Gasteiger partial charge in [0.15, 0.2) is 0 Å². The van der Waals surface area contributed by atoms with Crippen molar-refractivity contribution in [3.63, 3.8) is 0 Å². The molecular formula is C15H20ClN3. The number of aromatic nitrogens is 2. The summed E-state index contributed by atoms with van der Waals surface area (Å²) in [5.41, 5.74) is 3.46. The van der Waals surface area contributed by atoms with Crippen LogP contribution >= 0.6 is 11.6 Å². The first-order chi connectivity index (χ1) is 9.16. The fourth-order valence-electron chi connectivity index (χ4n) is 2.12. The molecule has 0 amide bonds. The molecule has 0 aliphatic carbocycles. The number of nitrogens with zero attached hydrogens (tertiary/aromatic N) is 2. The van der Waals surface area contributed by atoms with Crippen LogP contribution in [0.4, 0.5) is 0 Å². The normalized spacial score (nSPS) is 10.9. The number of rotatable bonds is 6. The SMILES string of the molecule is Cc1cc(C)n(CCCNCc2ccccc2Cl)n1. The van der Waals surface area contributed by atoms with E-state index in [-0.39, 0.29) is 0 Å². The maximum absolute atomic E-state index is 6.10. The Morgan fingerprint density at radius 3 is 2.74 bits per heavy atom. The van der Waals surface area contributed by atoms with E-state index in [0.717, 1.165) is 42.3 Å². The van der Waals surface area contributed by atoms with Crippen molar-refractivity contribution >= 4 is 11.6 Å². The second-order valence-electron chi connectivity index (χ2n) is 4.77. The molecular weight excluding hydrogens is 258 g/mol. The van der Waals surface area contributed by atoms with Crippen molar-refractivity contribution in [1.82, 2.24) is 15.1 Å². The summed E-state index contributed by atoms with van der Waals surface area (Å²) >= 11 is 6.10. The van der Waals surface area contributed by atoms with E-state index in [0.29, 0.717) is 0 Å². The molecule has 1 aromatic heterocycles. The van der Waals surface area contributed by atoms with Gasteiger partial charge >= 0.3 is 0 Å². The van der Waals surface area contributed by atoms with Crippen LogP contribution in [-0.2, 0) is 13.1 Å². The van der Waals surface area contributed by atoms with E-state index in [1.165, 1.54) is 5.69 Å². The third kappa shape index (κ3) is 4.08. The monoisotopic (exact) mass is 277 g/mol. The van der Waals surface area contributed by atoms with Gasteiger partial charge in [0, 0.05) is 23.8 Å². The number of hydrogen-bond donors (Lipinski definition) is 1. The van der Waals surface area contributed by atoms with E-state index in [2.05, 4.69) is 34.2 Å². The smallest absolute Gasteiger partial charge is 0.0596 e. The van der Waals surface area contributed by atoms with Crippen LogP contribution in [0.1, 0.15) is 23.4 Å². The van der Waals surface area contributed by atoms with Crippen molar-refractivity contribution in [2.75, 3.05) is 6.54 Å². The number of benzene rings is 1. The molecule has 19 heavy (non-hydrogen) atoms. The largest absolute Gasteiger partial charge is 0.313 e. The average Bonchev–Trinajstić information content (AvgIpc) is 2.70. The Labute approximate surface area is 119 Å². The summed E-state index contributed by atoms with van der Waals surface area (Å²) in [5, 5.41) is 8.69. The number of hydrogen-bond acceptors (Lipinski definition) is 2. The third-order valence-corrected chi connectivity index (χ3v) is 3.47. The van der Waals surface area contributed by atoms with Gasteiger partial charge in [-0.05, 0) is 44.5 Å². The Hall–Kier alpha value is -1.32. The molecule has 0 aliphatic heterocycles. The van der Waals surface area contributed by atoms with Crippen molar-refractivity contribution in [1.29, 1.82) is 0 Å². The zero-order chi connectivity index (χ0) is 13.7. The van der Waals surface area contributed by atoms with Gasteiger partial charge in [-0.2, -0.15) is 5.10 Å². The van der Waals surface area contributed by atoms with Crippen LogP contribution < -0.4 is 5.32 Å². The van der Waals surface area contributed by atoms with Crippen molar-refractivity contribution in [3.8, 4) is 0 Å². The molecule has 0 saturated heterocycles. The van der Waals surface area contributed by atoms with Gasteiger partial charge < -0.3 is 5.32 Å². The van der Waals surface area contributed by atoms with Gasteiger partial charge in [-0.15, -0.1) is 0 Å². The van der Waals surface area contributed by atoms with Gasteiger partial charge in [-0.25, -0.2) is 0 Å². The lowest BCUT2D eigenvalue weighted by molar-refractivity contribution is 0.532. The Bertz CT molecular complexity index is 534. The highest BCUT2D eigenvalue weighted by Gasteiger charge is 2.01. The third-order valence-electron chi connectivity index (χ3n) is 3.10. The molecule has 2 aromatic rings. The molecule has 0 unspecified atom stereocenters. The lowest BCUT2D eigenvalue weighted by atomic mass is 10.2.